The molecule has 1 aliphatic heterocycles. The molecule has 2 amide bonds. The summed E-state index contributed by atoms with van der Waals surface area (Å²) in [6, 6.07) is 0. The first kappa shape index (κ1) is 17.0. The van der Waals surface area contributed by atoms with E-state index >= 15 is 0 Å². The second-order valence-corrected chi connectivity index (χ2v) is 5.68. The Kier molecular flexibility index (Phi) is 6.99. The smallest absolute Gasteiger partial charge is 0.236 e. The summed E-state index contributed by atoms with van der Waals surface area (Å²) in [6.07, 6.45) is 0.948. The van der Waals surface area contributed by atoms with Crippen molar-refractivity contribution >= 4 is 11.8 Å². The van der Waals surface area contributed by atoms with Crippen LogP contribution in [0.1, 0.15) is 34.1 Å². The summed E-state index contributed by atoms with van der Waals surface area (Å²) < 4.78 is 0. The maximum absolute atomic E-state index is 12.1. The van der Waals surface area contributed by atoms with Crippen LogP contribution in [0.3, 0.4) is 0 Å². The van der Waals surface area contributed by atoms with Crippen molar-refractivity contribution in [1.29, 1.82) is 0 Å². The third kappa shape index (κ3) is 4.78. The van der Waals surface area contributed by atoms with Crippen LogP contribution in [0.4, 0.5) is 0 Å². The summed E-state index contributed by atoms with van der Waals surface area (Å²) in [6.45, 7) is 13.1. The Balaban J connectivity index is 2.48. The molecule has 0 saturated carbocycles. The Labute approximate surface area is 122 Å². The fourth-order valence-corrected chi connectivity index (χ4v) is 2.58. The molecule has 0 bridgehead atoms. The van der Waals surface area contributed by atoms with Crippen molar-refractivity contribution in [2.45, 2.75) is 34.1 Å². The van der Waals surface area contributed by atoms with Gasteiger partial charge in [-0.2, -0.15) is 0 Å². The summed E-state index contributed by atoms with van der Waals surface area (Å²) in [4.78, 5) is 30.1. The van der Waals surface area contributed by atoms with Crippen molar-refractivity contribution in [3.63, 3.8) is 0 Å². The van der Waals surface area contributed by atoms with E-state index in [1.165, 1.54) is 0 Å². The normalized spacial score (nSPS) is 17.1. The van der Waals surface area contributed by atoms with Gasteiger partial charge in [-0.05, 0) is 20.3 Å². The SMILES string of the molecule is CCN(CC)C(=O)CN1CCCN(C(=O)C(C)C)CC1. The van der Waals surface area contributed by atoms with Gasteiger partial charge in [0, 0.05) is 45.2 Å². The Morgan fingerprint density at radius 2 is 1.70 bits per heavy atom. The minimum Gasteiger partial charge on any atom is -0.342 e. The summed E-state index contributed by atoms with van der Waals surface area (Å²) in [5.41, 5.74) is 0. The standard InChI is InChI=1S/C15H29N3O2/c1-5-17(6-2)14(19)12-16-8-7-9-18(11-10-16)15(20)13(3)4/h13H,5-12H2,1-4H3. The van der Waals surface area contributed by atoms with Crippen LogP contribution in [0.5, 0.6) is 0 Å². The Bertz CT molecular complexity index is 327. The zero-order chi connectivity index (χ0) is 15.1. The lowest BCUT2D eigenvalue weighted by molar-refractivity contribution is -0.134. The number of amides is 2. The van der Waals surface area contributed by atoms with Crippen LogP contribution >= 0.6 is 0 Å². The molecule has 1 saturated heterocycles. The average molecular weight is 283 g/mol. The molecule has 1 fully saturated rings. The molecular weight excluding hydrogens is 254 g/mol. The highest BCUT2D eigenvalue weighted by molar-refractivity contribution is 5.79. The zero-order valence-electron chi connectivity index (χ0n) is 13.4. The van der Waals surface area contributed by atoms with Gasteiger partial charge in [0.15, 0.2) is 0 Å². The first-order chi connectivity index (χ1) is 9.49. The molecule has 1 rings (SSSR count). The highest BCUT2D eigenvalue weighted by Gasteiger charge is 2.22. The third-order valence-corrected chi connectivity index (χ3v) is 3.87. The lowest BCUT2D eigenvalue weighted by Gasteiger charge is -2.25. The quantitative estimate of drug-likeness (QED) is 0.757. The van der Waals surface area contributed by atoms with Gasteiger partial charge in [0.25, 0.3) is 0 Å². The predicted molar refractivity (Wildman–Crippen MR) is 80.4 cm³/mol. The van der Waals surface area contributed by atoms with Gasteiger partial charge in [-0.15, -0.1) is 0 Å². The van der Waals surface area contributed by atoms with Gasteiger partial charge < -0.3 is 9.80 Å². The fraction of sp³-hybridized carbons (Fsp3) is 0.867. The zero-order valence-corrected chi connectivity index (χ0v) is 13.4. The van der Waals surface area contributed by atoms with E-state index in [0.717, 1.165) is 45.7 Å². The average Bonchev–Trinajstić information content (AvgIpc) is 2.64. The van der Waals surface area contributed by atoms with Gasteiger partial charge in [-0.1, -0.05) is 13.8 Å². The Morgan fingerprint density at radius 3 is 2.25 bits per heavy atom. The molecule has 0 atom stereocenters. The summed E-state index contributed by atoms with van der Waals surface area (Å²) >= 11 is 0. The molecule has 0 aromatic rings. The molecule has 116 valence electrons. The van der Waals surface area contributed by atoms with E-state index in [1.807, 2.05) is 37.5 Å². The summed E-state index contributed by atoms with van der Waals surface area (Å²) in [5.74, 6) is 0.472. The first-order valence-electron chi connectivity index (χ1n) is 7.78. The molecular formula is C15H29N3O2. The van der Waals surface area contributed by atoms with Gasteiger partial charge in [-0.3, -0.25) is 14.5 Å². The number of carbonyl (C=O) groups is 2. The van der Waals surface area contributed by atoms with E-state index in [2.05, 4.69) is 4.90 Å². The van der Waals surface area contributed by atoms with E-state index in [1.54, 1.807) is 0 Å². The van der Waals surface area contributed by atoms with Gasteiger partial charge in [-0.25, -0.2) is 0 Å². The number of hydrogen-bond donors (Lipinski definition) is 0. The molecule has 5 nitrogen and oxygen atoms in total. The van der Waals surface area contributed by atoms with E-state index < -0.39 is 0 Å². The molecule has 20 heavy (non-hydrogen) atoms. The second kappa shape index (κ2) is 8.25. The molecule has 5 heteroatoms. The number of rotatable bonds is 5. The van der Waals surface area contributed by atoms with Crippen LogP contribution in [0, 0.1) is 5.92 Å². The van der Waals surface area contributed by atoms with E-state index in [0.29, 0.717) is 6.54 Å². The lowest BCUT2D eigenvalue weighted by Crippen LogP contribution is -2.42. The molecule has 0 aromatic carbocycles. The summed E-state index contributed by atoms with van der Waals surface area (Å²) in [5, 5.41) is 0. The largest absolute Gasteiger partial charge is 0.342 e. The highest BCUT2D eigenvalue weighted by atomic mass is 16.2. The number of carbonyl (C=O) groups excluding carboxylic acids is 2. The number of likely N-dealkylation sites (N-methyl/N-ethyl adjacent to an activating group) is 1. The molecule has 1 aliphatic rings. The van der Waals surface area contributed by atoms with Crippen molar-refractivity contribution in [3.05, 3.63) is 0 Å². The van der Waals surface area contributed by atoms with Crippen molar-refractivity contribution < 1.29 is 9.59 Å². The van der Waals surface area contributed by atoms with Gasteiger partial charge in [0.2, 0.25) is 11.8 Å². The monoisotopic (exact) mass is 283 g/mol. The maximum Gasteiger partial charge on any atom is 0.236 e. The van der Waals surface area contributed by atoms with Crippen molar-refractivity contribution in [2.75, 3.05) is 45.8 Å². The number of nitrogens with zero attached hydrogens (tertiary/aromatic N) is 3. The van der Waals surface area contributed by atoms with E-state index in [9.17, 15) is 9.59 Å². The van der Waals surface area contributed by atoms with Gasteiger partial charge >= 0.3 is 0 Å². The lowest BCUT2D eigenvalue weighted by atomic mass is 10.2. The fourth-order valence-electron chi connectivity index (χ4n) is 2.58. The van der Waals surface area contributed by atoms with Crippen LogP contribution in [0.2, 0.25) is 0 Å². The van der Waals surface area contributed by atoms with Gasteiger partial charge in [0.1, 0.15) is 0 Å². The van der Waals surface area contributed by atoms with Crippen LogP contribution in [0.25, 0.3) is 0 Å². The highest BCUT2D eigenvalue weighted by Crippen LogP contribution is 2.08. The van der Waals surface area contributed by atoms with Crippen molar-refractivity contribution in [3.8, 4) is 0 Å². The third-order valence-electron chi connectivity index (χ3n) is 3.87. The van der Waals surface area contributed by atoms with E-state index in [-0.39, 0.29) is 17.7 Å². The second-order valence-electron chi connectivity index (χ2n) is 5.68. The maximum atomic E-state index is 12.1. The van der Waals surface area contributed by atoms with Crippen LogP contribution in [-0.4, -0.2) is 72.3 Å². The first-order valence-corrected chi connectivity index (χ1v) is 7.78. The van der Waals surface area contributed by atoms with Crippen LogP contribution < -0.4 is 0 Å². The minimum atomic E-state index is 0.0545. The van der Waals surface area contributed by atoms with E-state index in [4.69, 9.17) is 0 Å². The Morgan fingerprint density at radius 1 is 1.05 bits per heavy atom. The Hall–Kier alpha value is -1.10. The van der Waals surface area contributed by atoms with Gasteiger partial charge in [0.05, 0.1) is 6.54 Å². The summed E-state index contributed by atoms with van der Waals surface area (Å²) in [7, 11) is 0. The molecule has 0 radical (unpaired) electrons. The molecule has 0 unspecified atom stereocenters. The van der Waals surface area contributed by atoms with Crippen molar-refractivity contribution in [2.24, 2.45) is 5.92 Å². The van der Waals surface area contributed by atoms with Crippen molar-refractivity contribution in [1.82, 2.24) is 14.7 Å². The molecule has 0 N–H and O–H groups in total. The topological polar surface area (TPSA) is 43.9 Å². The molecule has 1 heterocycles. The minimum absolute atomic E-state index is 0.0545. The molecule has 0 spiro atoms. The molecule has 0 aromatic heterocycles. The molecule has 0 aliphatic carbocycles. The predicted octanol–water partition coefficient (Wildman–Crippen LogP) is 1.05. The van der Waals surface area contributed by atoms with Crippen LogP contribution in [0.15, 0.2) is 0 Å². The number of hydrogen-bond acceptors (Lipinski definition) is 3. The van der Waals surface area contributed by atoms with Crippen LogP contribution in [-0.2, 0) is 9.59 Å².